The van der Waals surface area contributed by atoms with Gasteiger partial charge in [0, 0.05) is 18.8 Å². The molecule has 0 bridgehead atoms. The molecule has 2 aromatic rings. The third kappa shape index (κ3) is 4.57. The average molecular weight is 312 g/mol. The maximum absolute atomic E-state index is 5.61. The van der Waals surface area contributed by atoms with Gasteiger partial charge in [-0.15, -0.1) is 0 Å². The van der Waals surface area contributed by atoms with E-state index >= 15 is 0 Å². The summed E-state index contributed by atoms with van der Waals surface area (Å²) in [5.74, 6) is 0. The van der Waals surface area contributed by atoms with Crippen molar-refractivity contribution in [3.63, 3.8) is 0 Å². The van der Waals surface area contributed by atoms with Crippen LogP contribution in [0.5, 0.6) is 0 Å². The predicted octanol–water partition coefficient (Wildman–Crippen LogP) is 4.91. The van der Waals surface area contributed by atoms with Crippen molar-refractivity contribution in [2.45, 2.75) is 33.7 Å². The highest BCUT2D eigenvalue weighted by Gasteiger charge is 2.10. The molecule has 1 N–H and O–H groups in total. The molecule has 0 aliphatic carbocycles. The number of rotatable bonds is 5. The summed E-state index contributed by atoms with van der Waals surface area (Å²) >= 11 is 5.61. The molecule has 0 atom stereocenters. The molecule has 2 aromatic carbocycles. The molecule has 0 amide bonds. The van der Waals surface area contributed by atoms with Crippen LogP contribution in [0.1, 0.15) is 30.0 Å². The van der Waals surface area contributed by atoms with E-state index < -0.39 is 0 Å². The van der Waals surface area contributed by atoms with Crippen molar-refractivity contribution in [1.82, 2.24) is 4.90 Å². The van der Waals surface area contributed by atoms with Crippen LogP contribution in [0, 0.1) is 13.8 Å². The first-order chi connectivity index (χ1) is 10.6. The molecule has 0 heterocycles. The summed E-state index contributed by atoms with van der Waals surface area (Å²) in [5.41, 5.74) is 4.91. The fraction of sp³-hybridized carbons (Fsp3) is 0.316. The molecule has 0 aromatic heterocycles. The van der Waals surface area contributed by atoms with E-state index in [2.05, 4.69) is 73.5 Å². The lowest BCUT2D eigenvalue weighted by atomic mass is 10.1. The lowest BCUT2D eigenvalue weighted by molar-refractivity contribution is 0.418. The first-order valence-corrected chi connectivity index (χ1v) is 8.18. The van der Waals surface area contributed by atoms with Crippen LogP contribution in [-0.4, -0.2) is 16.6 Å². The van der Waals surface area contributed by atoms with Crippen LogP contribution in [0.25, 0.3) is 0 Å². The van der Waals surface area contributed by atoms with E-state index in [-0.39, 0.29) is 0 Å². The smallest absolute Gasteiger partial charge is 0.173 e. The van der Waals surface area contributed by atoms with Gasteiger partial charge in [0.2, 0.25) is 0 Å². The van der Waals surface area contributed by atoms with E-state index in [1.807, 2.05) is 6.07 Å². The number of benzene rings is 2. The minimum atomic E-state index is 0.786. The highest BCUT2D eigenvalue weighted by molar-refractivity contribution is 7.80. The van der Waals surface area contributed by atoms with E-state index in [1.54, 1.807) is 0 Å². The van der Waals surface area contributed by atoms with Crippen molar-refractivity contribution in [1.29, 1.82) is 0 Å². The van der Waals surface area contributed by atoms with Crippen molar-refractivity contribution >= 4 is 23.0 Å². The Morgan fingerprint density at radius 1 is 1.05 bits per heavy atom. The van der Waals surface area contributed by atoms with Gasteiger partial charge in [0.15, 0.2) is 5.11 Å². The van der Waals surface area contributed by atoms with Gasteiger partial charge in [0.05, 0.1) is 0 Å². The molecule has 0 unspecified atom stereocenters. The standard InChI is InChI=1S/C19H24N2S/c1-4-12-21(14-17-8-6-5-7-9-17)19(22)20-18-11-10-15(2)16(3)13-18/h5-11,13H,4,12,14H2,1-3H3,(H,20,22). The molecule has 2 nitrogen and oxygen atoms in total. The molecular formula is C19H24N2S. The fourth-order valence-corrected chi connectivity index (χ4v) is 2.62. The molecule has 0 aliphatic rings. The number of hydrogen-bond donors (Lipinski definition) is 1. The minimum Gasteiger partial charge on any atom is -0.345 e. The van der Waals surface area contributed by atoms with Gasteiger partial charge in [-0.05, 0) is 61.3 Å². The zero-order valence-electron chi connectivity index (χ0n) is 13.6. The van der Waals surface area contributed by atoms with Crippen LogP contribution in [0.3, 0.4) is 0 Å². The first-order valence-electron chi connectivity index (χ1n) is 7.77. The highest BCUT2D eigenvalue weighted by Crippen LogP contribution is 2.15. The number of nitrogens with one attached hydrogen (secondary N) is 1. The summed E-state index contributed by atoms with van der Waals surface area (Å²) in [6, 6.07) is 16.8. The van der Waals surface area contributed by atoms with E-state index in [1.165, 1.54) is 16.7 Å². The molecule has 3 heteroatoms. The van der Waals surface area contributed by atoms with Gasteiger partial charge in [-0.25, -0.2) is 0 Å². The van der Waals surface area contributed by atoms with Gasteiger partial charge in [0.1, 0.15) is 0 Å². The minimum absolute atomic E-state index is 0.786. The zero-order chi connectivity index (χ0) is 15.9. The second-order valence-corrected chi connectivity index (χ2v) is 6.02. The van der Waals surface area contributed by atoms with Crippen LogP contribution >= 0.6 is 12.2 Å². The monoisotopic (exact) mass is 312 g/mol. The largest absolute Gasteiger partial charge is 0.345 e. The molecule has 116 valence electrons. The Balaban J connectivity index is 2.07. The normalized spacial score (nSPS) is 10.3. The second-order valence-electron chi connectivity index (χ2n) is 5.64. The van der Waals surface area contributed by atoms with Crippen molar-refractivity contribution in [3.05, 3.63) is 65.2 Å². The van der Waals surface area contributed by atoms with E-state index in [4.69, 9.17) is 12.2 Å². The van der Waals surface area contributed by atoms with Gasteiger partial charge in [-0.3, -0.25) is 0 Å². The van der Waals surface area contributed by atoms with Crippen molar-refractivity contribution in [2.24, 2.45) is 0 Å². The van der Waals surface area contributed by atoms with Crippen molar-refractivity contribution < 1.29 is 0 Å². The van der Waals surface area contributed by atoms with Crippen molar-refractivity contribution in [3.8, 4) is 0 Å². The first kappa shape index (κ1) is 16.5. The number of anilines is 1. The fourth-order valence-electron chi connectivity index (χ4n) is 2.35. The molecule has 0 spiro atoms. The summed E-state index contributed by atoms with van der Waals surface area (Å²) in [6.45, 7) is 8.21. The molecule has 0 saturated carbocycles. The highest BCUT2D eigenvalue weighted by atomic mass is 32.1. The Bertz CT molecular complexity index is 623. The van der Waals surface area contributed by atoms with Crippen LogP contribution < -0.4 is 5.32 Å². The Morgan fingerprint density at radius 3 is 2.41 bits per heavy atom. The maximum Gasteiger partial charge on any atom is 0.173 e. The molecular weight excluding hydrogens is 288 g/mol. The third-order valence-corrected chi connectivity index (χ3v) is 4.12. The van der Waals surface area contributed by atoms with E-state index in [9.17, 15) is 0 Å². The van der Waals surface area contributed by atoms with Crippen LogP contribution in [0.2, 0.25) is 0 Å². The summed E-state index contributed by atoms with van der Waals surface area (Å²) in [7, 11) is 0. The Morgan fingerprint density at radius 2 is 1.77 bits per heavy atom. The summed E-state index contributed by atoms with van der Waals surface area (Å²) < 4.78 is 0. The number of hydrogen-bond acceptors (Lipinski definition) is 1. The number of aryl methyl sites for hydroxylation is 2. The Hall–Kier alpha value is -1.87. The Labute approximate surface area is 139 Å². The molecule has 0 fully saturated rings. The topological polar surface area (TPSA) is 15.3 Å². The number of nitrogens with zero attached hydrogens (tertiary/aromatic N) is 1. The average Bonchev–Trinajstić information content (AvgIpc) is 2.51. The van der Waals surface area contributed by atoms with Gasteiger partial charge in [0.25, 0.3) is 0 Å². The van der Waals surface area contributed by atoms with E-state index in [0.717, 1.165) is 30.3 Å². The van der Waals surface area contributed by atoms with Gasteiger partial charge < -0.3 is 10.2 Å². The molecule has 0 radical (unpaired) electrons. The van der Waals surface area contributed by atoms with Gasteiger partial charge in [-0.1, -0.05) is 43.3 Å². The van der Waals surface area contributed by atoms with E-state index in [0.29, 0.717) is 0 Å². The molecule has 22 heavy (non-hydrogen) atoms. The predicted molar refractivity (Wildman–Crippen MR) is 99.3 cm³/mol. The maximum atomic E-state index is 5.61. The Kier molecular flexibility index (Phi) is 5.96. The summed E-state index contributed by atoms with van der Waals surface area (Å²) in [5, 5.41) is 4.16. The van der Waals surface area contributed by atoms with Gasteiger partial charge >= 0.3 is 0 Å². The zero-order valence-corrected chi connectivity index (χ0v) is 14.4. The van der Waals surface area contributed by atoms with Crippen molar-refractivity contribution in [2.75, 3.05) is 11.9 Å². The van der Waals surface area contributed by atoms with Crippen LogP contribution in [0.4, 0.5) is 5.69 Å². The molecule has 0 saturated heterocycles. The third-order valence-electron chi connectivity index (χ3n) is 3.76. The molecule has 2 rings (SSSR count). The lowest BCUT2D eigenvalue weighted by Gasteiger charge is -2.26. The second kappa shape index (κ2) is 7.95. The lowest BCUT2D eigenvalue weighted by Crippen LogP contribution is -2.34. The SMILES string of the molecule is CCCN(Cc1ccccc1)C(=S)Nc1ccc(C)c(C)c1. The summed E-state index contributed by atoms with van der Waals surface area (Å²) in [4.78, 5) is 2.22. The van der Waals surface area contributed by atoms with Crippen LogP contribution in [-0.2, 0) is 6.54 Å². The summed E-state index contributed by atoms with van der Waals surface area (Å²) in [6.07, 6.45) is 1.07. The quantitative estimate of drug-likeness (QED) is 0.790. The molecule has 0 aliphatic heterocycles. The van der Waals surface area contributed by atoms with Gasteiger partial charge in [-0.2, -0.15) is 0 Å². The van der Waals surface area contributed by atoms with Crippen LogP contribution in [0.15, 0.2) is 48.5 Å². The number of thiocarbonyl (C=S) groups is 1.